The summed E-state index contributed by atoms with van der Waals surface area (Å²) in [5.41, 5.74) is 1.53. The zero-order valence-corrected chi connectivity index (χ0v) is 19.4. The van der Waals surface area contributed by atoms with Crippen molar-refractivity contribution in [3.63, 3.8) is 0 Å². The van der Waals surface area contributed by atoms with Gasteiger partial charge in [-0.3, -0.25) is 9.78 Å². The Morgan fingerprint density at radius 1 is 1.09 bits per heavy atom. The first-order valence-corrected chi connectivity index (χ1v) is 10.8. The predicted molar refractivity (Wildman–Crippen MR) is 127 cm³/mol. The quantitative estimate of drug-likeness (QED) is 0.372. The summed E-state index contributed by atoms with van der Waals surface area (Å²) in [6.45, 7) is 0.333. The number of alkyl halides is 3. The third-order valence-corrected chi connectivity index (χ3v) is 5.19. The normalized spacial score (nSPS) is 11.7. The number of ether oxygens (including phenoxy) is 1. The third kappa shape index (κ3) is 5.96. The van der Waals surface area contributed by atoms with Crippen molar-refractivity contribution in [3.05, 3.63) is 72.1 Å². The molecule has 4 rings (SSSR count). The fourth-order valence-corrected chi connectivity index (χ4v) is 3.62. The zero-order chi connectivity index (χ0) is 25.2. The number of fused-ring (bicyclic) bond motifs is 1. The molecule has 0 aliphatic carbocycles. The van der Waals surface area contributed by atoms with Crippen molar-refractivity contribution in [2.24, 2.45) is 7.05 Å². The van der Waals surface area contributed by atoms with E-state index >= 15 is 0 Å². The minimum atomic E-state index is -4.43. The molecule has 0 amide bonds. The molecule has 2 aromatic heterocycles. The van der Waals surface area contributed by atoms with Gasteiger partial charge in [-0.2, -0.15) is 13.2 Å². The maximum Gasteiger partial charge on any atom is 0.416 e. The Morgan fingerprint density at radius 3 is 2.60 bits per heavy atom. The number of aromatic nitrogens is 3. The molecule has 2 heterocycles. The monoisotopic (exact) mass is 483 g/mol. The number of benzene rings is 2. The number of anilines is 2. The minimum Gasteiger partial charge on any atom is -0.457 e. The summed E-state index contributed by atoms with van der Waals surface area (Å²) in [5.74, 6) is 1.50. The van der Waals surface area contributed by atoms with Crippen LogP contribution in [-0.2, 0) is 24.4 Å². The van der Waals surface area contributed by atoms with Gasteiger partial charge in [0.15, 0.2) is 5.78 Å². The third-order valence-electron chi connectivity index (χ3n) is 5.19. The highest BCUT2D eigenvalue weighted by molar-refractivity contribution is 5.82. The van der Waals surface area contributed by atoms with Crippen LogP contribution in [0.4, 0.5) is 24.8 Å². The Balaban J connectivity index is 1.52. The lowest BCUT2D eigenvalue weighted by molar-refractivity contribution is -0.137. The molecule has 0 radical (unpaired) electrons. The molecule has 0 aliphatic heterocycles. The van der Waals surface area contributed by atoms with Crippen LogP contribution >= 0.6 is 0 Å². The van der Waals surface area contributed by atoms with Crippen LogP contribution in [0, 0.1) is 0 Å². The van der Waals surface area contributed by atoms with Gasteiger partial charge in [-0.1, -0.05) is 6.07 Å². The average molecular weight is 483 g/mol. The first-order chi connectivity index (χ1) is 16.6. The molecule has 35 heavy (non-hydrogen) atoms. The first kappa shape index (κ1) is 24.2. The van der Waals surface area contributed by atoms with E-state index in [1.807, 2.05) is 20.2 Å². The number of rotatable bonds is 8. The molecule has 0 unspecified atom stereocenters. The van der Waals surface area contributed by atoms with Gasteiger partial charge in [0.1, 0.15) is 11.5 Å². The summed E-state index contributed by atoms with van der Waals surface area (Å²) in [7, 11) is 5.43. The van der Waals surface area contributed by atoms with Crippen LogP contribution in [0.1, 0.15) is 11.3 Å². The van der Waals surface area contributed by atoms with E-state index in [-0.39, 0.29) is 17.9 Å². The van der Waals surface area contributed by atoms with Crippen LogP contribution in [0.25, 0.3) is 11.0 Å². The number of aryl methyl sites for hydroxylation is 1. The van der Waals surface area contributed by atoms with Crippen LogP contribution < -0.4 is 10.1 Å². The Kier molecular flexibility index (Phi) is 6.74. The first-order valence-electron chi connectivity index (χ1n) is 10.8. The molecule has 1 N–H and O–H groups in total. The van der Waals surface area contributed by atoms with Gasteiger partial charge >= 0.3 is 6.18 Å². The number of Topliss-reactive ketones (excluding diaryl/α,β-unsaturated/α-hetero) is 1. The van der Waals surface area contributed by atoms with Crippen LogP contribution in [0.2, 0.25) is 0 Å². The van der Waals surface area contributed by atoms with Crippen LogP contribution in [0.3, 0.4) is 0 Å². The van der Waals surface area contributed by atoms with Crippen LogP contribution in [0.15, 0.2) is 60.8 Å². The van der Waals surface area contributed by atoms with Crippen molar-refractivity contribution in [1.82, 2.24) is 19.4 Å². The number of hydrogen-bond acceptors (Lipinski definition) is 6. The number of carbonyl (C=O) groups is 1. The summed E-state index contributed by atoms with van der Waals surface area (Å²) in [6.07, 6.45) is -2.63. The number of nitrogens with zero attached hydrogens (tertiary/aromatic N) is 4. The van der Waals surface area contributed by atoms with Gasteiger partial charge in [-0.05, 0) is 50.5 Å². The maximum absolute atomic E-state index is 13.0. The van der Waals surface area contributed by atoms with E-state index in [2.05, 4.69) is 15.3 Å². The lowest BCUT2D eigenvalue weighted by Gasteiger charge is -2.10. The van der Waals surface area contributed by atoms with E-state index in [1.165, 1.54) is 6.07 Å². The zero-order valence-electron chi connectivity index (χ0n) is 19.4. The molecule has 10 heteroatoms. The number of hydrogen-bond donors (Lipinski definition) is 1. The number of nitrogens with one attached hydrogen (secondary N) is 1. The van der Waals surface area contributed by atoms with Crippen molar-refractivity contribution >= 4 is 28.5 Å². The molecule has 2 aromatic carbocycles. The Bertz CT molecular complexity index is 1360. The number of imidazole rings is 1. The summed E-state index contributed by atoms with van der Waals surface area (Å²) in [4.78, 5) is 22.6. The second-order valence-electron chi connectivity index (χ2n) is 8.39. The largest absolute Gasteiger partial charge is 0.457 e. The highest BCUT2D eigenvalue weighted by Crippen LogP contribution is 2.32. The van der Waals surface area contributed by atoms with Crippen molar-refractivity contribution in [2.75, 3.05) is 26.0 Å². The van der Waals surface area contributed by atoms with Crippen LogP contribution in [-0.4, -0.2) is 45.9 Å². The standard InChI is InChI=1S/C25H24F3N5O2/c1-32(2)15-19(34)12-18-13-21(9-10-29-18)35-20-7-8-23-22(14-20)31-24(33(23)3)30-17-6-4-5-16(11-17)25(26,27)28/h4-11,13-14H,12,15H2,1-3H3,(H,30,31). The molecule has 0 bridgehead atoms. The van der Waals surface area contributed by atoms with E-state index < -0.39 is 11.7 Å². The number of halogens is 3. The van der Waals surface area contributed by atoms with Crippen molar-refractivity contribution in [2.45, 2.75) is 12.6 Å². The second-order valence-corrected chi connectivity index (χ2v) is 8.39. The molecule has 0 aliphatic rings. The second kappa shape index (κ2) is 9.75. The summed E-state index contributed by atoms with van der Waals surface area (Å²) < 4.78 is 46.8. The molecule has 0 fully saturated rings. The highest BCUT2D eigenvalue weighted by Gasteiger charge is 2.30. The van der Waals surface area contributed by atoms with Gasteiger partial charge in [0.25, 0.3) is 0 Å². The van der Waals surface area contributed by atoms with Crippen LogP contribution in [0.5, 0.6) is 11.5 Å². The van der Waals surface area contributed by atoms with E-state index in [4.69, 9.17) is 4.74 Å². The number of likely N-dealkylation sites (N-methyl/N-ethyl adjacent to an activating group) is 1. The van der Waals surface area contributed by atoms with Gasteiger partial charge in [-0.25, -0.2) is 4.98 Å². The van der Waals surface area contributed by atoms with E-state index in [1.54, 1.807) is 53.0 Å². The highest BCUT2D eigenvalue weighted by atomic mass is 19.4. The average Bonchev–Trinajstić information content (AvgIpc) is 3.07. The molecule has 0 saturated heterocycles. The number of ketones is 1. The molecule has 0 atom stereocenters. The maximum atomic E-state index is 13.0. The van der Waals surface area contributed by atoms with Crippen molar-refractivity contribution in [1.29, 1.82) is 0 Å². The molecular weight excluding hydrogens is 459 g/mol. The Hall–Kier alpha value is -3.92. The number of pyridine rings is 1. The van der Waals surface area contributed by atoms with Gasteiger partial charge in [0, 0.05) is 31.1 Å². The fraction of sp³-hybridized carbons (Fsp3) is 0.240. The molecule has 0 saturated carbocycles. The lowest BCUT2D eigenvalue weighted by Crippen LogP contribution is -2.23. The van der Waals surface area contributed by atoms with Gasteiger partial charge in [0.2, 0.25) is 5.95 Å². The van der Waals surface area contributed by atoms with Gasteiger partial charge in [0.05, 0.1) is 35.3 Å². The molecule has 4 aromatic rings. The Morgan fingerprint density at radius 2 is 1.86 bits per heavy atom. The minimum absolute atomic E-state index is 0.0513. The summed E-state index contributed by atoms with van der Waals surface area (Å²) >= 11 is 0. The fourth-order valence-electron chi connectivity index (χ4n) is 3.62. The molecule has 7 nitrogen and oxygen atoms in total. The van der Waals surface area contributed by atoms with Crippen molar-refractivity contribution < 1.29 is 22.7 Å². The molecule has 182 valence electrons. The van der Waals surface area contributed by atoms with Gasteiger partial charge < -0.3 is 19.5 Å². The van der Waals surface area contributed by atoms with Crippen molar-refractivity contribution in [3.8, 4) is 11.5 Å². The Labute approximate surface area is 200 Å². The molecule has 0 spiro atoms. The summed E-state index contributed by atoms with van der Waals surface area (Å²) in [6, 6.07) is 13.7. The predicted octanol–water partition coefficient (Wildman–Crippen LogP) is 5.20. The SMILES string of the molecule is CN(C)CC(=O)Cc1cc(Oc2ccc3c(c2)nc(Nc2cccc(C(F)(F)F)c2)n3C)ccn1. The van der Waals surface area contributed by atoms with E-state index in [9.17, 15) is 18.0 Å². The van der Waals surface area contributed by atoms with E-state index in [0.29, 0.717) is 35.2 Å². The van der Waals surface area contributed by atoms with E-state index in [0.717, 1.165) is 17.6 Å². The lowest BCUT2D eigenvalue weighted by atomic mass is 10.2. The molecular formula is C25H24F3N5O2. The summed E-state index contributed by atoms with van der Waals surface area (Å²) in [5, 5.41) is 2.95. The van der Waals surface area contributed by atoms with Gasteiger partial charge in [-0.15, -0.1) is 0 Å². The topological polar surface area (TPSA) is 72.3 Å². The smallest absolute Gasteiger partial charge is 0.416 e. The number of carbonyl (C=O) groups excluding carboxylic acids is 1.